The highest BCUT2D eigenvalue weighted by Crippen LogP contribution is 2.15. The molecule has 0 aromatic carbocycles. The van der Waals surface area contributed by atoms with Crippen LogP contribution in [0.1, 0.15) is 33.1 Å². The Balaban J connectivity index is 2.19. The van der Waals surface area contributed by atoms with E-state index in [0.29, 0.717) is 6.42 Å². The number of rotatable bonds is 6. The Bertz CT molecular complexity index is 233. The second-order valence-electron chi connectivity index (χ2n) is 5.33. The molecule has 1 heterocycles. The average Bonchev–Trinajstić information content (AvgIpc) is 2.26. The van der Waals surface area contributed by atoms with Gasteiger partial charge in [-0.25, -0.2) is 0 Å². The summed E-state index contributed by atoms with van der Waals surface area (Å²) in [6.07, 6.45) is 3.21. The molecule has 1 aliphatic heterocycles. The van der Waals surface area contributed by atoms with Crippen molar-refractivity contribution in [2.24, 2.45) is 5.92 Å². The number of hydrogen-bond donors (Lipinski definition) is 2. The van der Waals surface area contributed by atoms with Gasteiger partial charge in [-0.3, -0.25) is 4.79 Å². The van der Waals surface area contributed by atoms with Crippen LogP contribution in [0.3, 0.4) is 0 Å². The molecule has 0 aromatic heterocycles. The normalized spacial score (nSPS) is 23.4. The smallest absolute Gasteiger partial charge is 0.221 e. The van der Waals surface area contributed by atoms with Crippen LogP contribution in [0.5, 0.6) is 0 Å². The molecule has 0 radical (unpaired) electrons. The van der Waals surface area contributed by atoms with Crippen molar-refractivity contribution in [3.8, 4) is 0 Å². The SMILES string of the molecule is CNCCC(=O)NC(C)CN1CCCC(C)C1. The molecule has 0 aromatic rings. The first kappa shape index (κ1) is 14.5. The summed E-state index contributed by atoms with van der Waals surface area (Å²) in [7, 11) is 1.87. The molecular formula is C13H27N3O. The van der Waals surface area contributed by atoms with Crippen LogP contribution in [-0.4, -0.2) is 50.1 Å². The van der Waals surface area contributed by atoms with Crippen molar-refractivity contribution >= 4 is 5.91 Å². The largest absolute Gasteiger partial charge is 0.352 e. The van der Waals surface area contributed by atoms with Crippen LogP contribution in [0.4, 0.5) is 0 Å². The Morgan fingerprint density at radius 2 is 2.29 bits per heavy atom. The fourth-order valence-electron chi connectivity index (χ4n) is 2.47. The van der Waals surface area contributed by atoms with Crippen molar-refractivity contribution in [1.82, 2.24) is 15.5 Å². The molecule has 4 heteroatoms. The molecule has 2 N–H and O–H groups in total. The van der Waals surface area contributed by atoms with E-state index in [9.17, 15) is 4.79 Å². The molecule has 2 atom stereocenters. The maximum atomic E-state index is 11.5. The van der Waals surface area contributed by atoms with Crippen molar-refractivity contribution in [2.75, 3.05) is 33.2 Å². The van der Waals surface area contributed by atoms with Crippen LogP contribution in [0.2, 0.25) is 0 Å². The molecular weight excluding hydrogens is 214 g/mol. The van der Waals surface area contributed by atoms with E-state index in [4.69, 9.17) is 0 Å². The number of nitrogens with zero attached hydrogens (tertiary/aromatic N) is 1. The van der Waals surface area contributed by atoms with Crippen molar-refractivity contribution in [3.05, 3.63) is 0 Å². The Morgan fingerprint density at radius 1 is 1.53 bits per heavy atom. The molecule has 4 nitrogen and oxygen atoms in total. The lowest BCUT2D eigenvalue weighted by atomic mass is 10.00. The van der Waals surface area contributed by atoms with Crippen molar-refractivity contribution in [2.45, 2.75) is 39.2 Å². The molecule has 1 amide bonds. The van der Waals surface area contributed by atoms with Gasteiger partial charge in [-0.15, -0.1) is 0 Å². The number of hydrogen-bond acceptors (Lipinski definition) is 3. The molecule has 1 fully saturated rings. The Labute approximate surface area is 105 Å². The second kappa shape index (κ2) is 7.67. The lowest BCUT2D eigenvalue weighted by Crippen LogP contribution is -2.45. The summed E-state index contributed by atoms with van der Waals surface area (Å²) in [4.78, 5) is 14.0. The number of carbonyl (C=O) groups is 1. The molecule has 17 heavy (non-hydrogen) atoms. The van der Waals surface area contributed by atoms with E-state index in [1.807, 2.05) is 7.05 Å². The third-order valence-corrected chi connectivity index (χ3v) is 3.28. The Morgan fingerprint density at radius 3 is 2.94 bits per heavy atom. The summed E-state index contributed by atoms with van der Waals surface area (Å²) >= 11 is 0. The fourth-order valence-corrected chi connectivity index (χ4v) is 2.47. The van der Waals surface area contributed by atoms with E-state index in [0.717, 1.165) is 19.0 Å². The summed E-state index contributed by atoms with van der Waals surface area (Å²) in [6.45, 7) is 8.49. The van der Waals surface area contributed by atoms with Gasteiger partial charge in [-0.05, 0) is 39.3 Å². The van der Waals surface area contributed by atoms with Crippen LogP contribution < -0.4 is 10.6 Å². The van der Waals surface area contributed by atoms with Gasteiger partial charge in [0.25, 0.3) is 0 Å². The van der Waals surface area contributed by atoms with E-state index >= 15 is 0 Å². The fraction of sp³-hybridized carbons (Fsp3) is 0.923. The van der Waals surface area contributed by atoms with Crippen LogP contribution in [0.15, 0.2) is 0 Å². The number of amides is 1. The summed E-state index contributed by atoms with van der Waals surface area (Å²) in [5, 5.41) is 6.04. The van der Waals surface area contributed by atoms with Crippen LogP contribution in [0, 0.1) is 5.92 Å². The number of carbonyl (C=O) groups excluding carboxylic acids is 1. The van der Waals surface area contributed by atoms with Gasteiger partial charge in [0.05, 0.1) is 0 Å². The predicted octanol–water partition coefficient (Wildman–Crippen LogP) is 0.833. The second-order valence-corrected chi connectivity index (χ2v) is 5.33. The van der Waals surface area contributed by atoms with E-state index in [1.54, 1.807) is 0 Å². The van der Waals surface area contributed by atoms with Gasteiger partial charge < -0.3 is 15.5 Å². The third-order valence-electron chi connectivity index (χ3n) is 3.28. The predicted molar refractivity (Wildman–Crippen MR) is 71.0 cm³/mol. The first-order valence-corrected chi connectivity index (χ1v) is 6.78. The molecule has 1 rings (SSSR count). The van der Waals surface area contributed by atoms with Crippen LogP contribution in [-0.2, 0) is 4.79 Å². The minimum atomic E-state index is 0.150. The Hall–Kier alpha value is -0.610. The summed E-state index contributed by atoms with van der Waals surface area (Å²) in [5.41, 5.74) is 0. The van der Waals surface area contributed by atoms with E-state index in [-0.39, 0.29) is 11.9 Å². The zero-order valence-electron chi connectivity index (χ0n) is 11.5. The van der Waals surface area contributed by atoms with Gasteiger partial charge in [0.1, 0.15) is 0 Å². The van der Waals surface area contributed by atoms with Gasteiger partial charge in [0.15, 0.2) is 0 Å². The summed E-state index contributed by atoms with van der Waals surface area (Å²) in [5.74, 6) is 0.952. The number of nitrogens with one attached hydrogen (secondary N) is 2. The third kappa shape index (κ3) is 6.03. The molecule has 2 unspecified atom stereocenters. The molecule has 0 bridgehead atoms. The quantitative estimate of drug-likeness (QED) is 0.724. The van der Waals surface area contributed by atoms with Crippen molar-refractivity contribution < 1.29 is 4.79 Å². The van der Waals surface area contributed by atoms with Gasteiger partial charge in [-0.2, -0.15) is 0 Å². The maximum Gasteiger partial charge on any atom is 0.221 e. The molecule has 100 valence electrons. The zero-order chi connectivity index (χ0) is 12.7. The molecule has 0 saturated carbocycles. The maximum absolute atomic E-state index is 11.5. The highest BCUT2D eigenvalue weighted by atomic mass is 16.1. The van der Waals surface area contributed by atoms with Crippen LogP contribution in [0.25, 0.3) is 0 Å². The summed E-state index contributed by atoms with van der Waals surface area (Å²) < 4.78 is 0. The zero-order valence-corrected chi connectivity index (χ0v) is 11.5. The van der Waals surface area contributed by atoms with Gasteiger partial charge in [0.2, 0.25) is 5.91 Å². The highest BCUT2D eigenvalue weighted by molar-refractivity contribution is 5.76. The average molecular weight is 241 g/mol. The number of piperidine rings is 1. The molecule has 1 aliphatic rings. The van der Waals surface area contributed by atoms with E-state index in [1.165, 1.54) is 25.9 Å². The minimum Gasteiger partial charge on any atom is -0.352 e. The summed E-state index contributed by atoms with van der Waals surface area (Å²) in [6, 6.07) is 0.254. The van der Waals surface area contributed by atoms with E-state index < -0.39 is 0 Å². The van der Waals surface area contributed by atoms with Gasteiger partial charge in [-0.1, -0.05) is 6.92 Å². The lowest BCUT2D eigenvalue weighted by Gasteiger charge is -2.32. The molecule has 1 saturated heterocycles. The van der Waals surface area contributed by atoms with Gasteiger partial charge >= 0.3 is 0 Å². The molecule has 0 aliphatic carbocycles. The van der Waals surface area contributed by atoms with Crippen LogP contribution >= 0.6 is 0 Å². The Kier molecular flexibility index (Phi) is 6.52. The van der Waals surface area contributed by atoms with E-state index in [2.05, 4.69) is 29.4 Å². The van der Waals surface area contributed by atoms with Gasteiger partial charge in [0, 0.05) is 32.1 Å². The number of likely N-dealkylation sites (tertiary alicyclic amines) is 1. The highest BCUT2D eigenvalue weighted by Gasteiger charge is 2.18. The first-order valence-electron chi connectivity index (χ1n) is 6.78. The minimum absolute atomic E-state index is 0.150. The first-order chi connectivity index (χ1) is 8.11. The standard InChI is InChI=1S/C13H27N3O/c1-11-5-4-8-16(9-11)10-12(2)15-13(17)6-7-14-3/h11-12,14H,4-10H2,1-3H3,(H,15,17). The topological polar surface area (TPSA) is 44.4 Å². The monoisotopic (exact) mass is 241 g/mol. The van der Waals surface area contributed by atoms with Crippen molar-refractivity contribution in [3.63, 3.8) is 0 Å². The molecule has 0 spiro atoms. The van der Waals surface area contributed by atoms with Crippen molar-refractivity contribution in [1.29, 1.82) is 0 Å². The lowest BCUT2D eigenvalue weighted by molar-refractivity contribution is -0.121.